The van der Waals surface area contributed by atoms with Crippen LogP contribution in [0.4, 0.5) is 5.95 Å². The Hall–Kier alpha value is -2.57. The molecule has 1 saturated heterocycles. The Morgan fingerprint density at radius 2 is 1.97 bits per heavy atom. The maximum Gasteiger partial charge on any atom is 0.261 e. The van der Waals surface area contributed by atoms with E-state index < -0.39 is 0 Å². The van der Waals surface area contributed by atoms with Gasteiger partial charge in [0.2, 0.25) is 5.95 Å². The highest BCUT2D eigenvalue weighted by atomic mass is 32.1. The van der Waals surface area contributed by atoms with Crippen LogP contribution >= 0.6 is 11.3 Å². The number of nitrogens with zero attached hydrogens (tertiary/aromatic N) is 4. The smallest absolute Gasteiger partial charge is 0.261 e. The quantitative estimate of drug-likeness (QED) is 0.617. The minimum absolute atomic E-state index is 0.00737. The van der Waals surface area contributed by atoms with E-state index >= 15 is 0 Å². The number of likely N-dealkylation sites (tertiary alicyclic amines) is 1. The molecule has 1 amide bonds. The monoisotopic (exact) mass is 406 g/mol. The van der Waals surface area contributed by atoms with Gasteiger partial charge < -0.3 is 4.90 Å². The molecule has 1 fully saturated rings. The van der Waals surface area contributed by atoms with Crippen LogP contribution in [0.2, 0.25) is 0 Å². The molecule has 2 aromatic heterocycles. The van der Waals surface area contributed by atoms with Crippen molar-refractivity contribution in [2.24, 2.45) is 5.92 Å². The largest absolute Gasteiger partial charge is 0.303 e. The highest BCUT2D eigenvalue weighted by Gasteiger charge is 2.35. The minimum Gasteiger partial charge on any atom is -0.303 e. The summed E-state index contributed by atoms with van der Waals surface area (Å²) in [5.74, 6) is 0.830. The average Bonchev–Trinajstić information content (AvgIpc) is 3.30. The van der Waals surface area contributed by atoms with Gasteiger partial charge in [0.1, 0.15) is 0 Å². The van der Waals surface area contributed by atoms with E-state index in [1.54, 1.807) is 18.5 Å². The molecule has 4 rings (SSSR count). The van der Waals surface area contributed by atoms with Gasteiger partial charge in [-0.1, -0.05) is 37.3 Å². The number of carbonyl (C=O) groups is 1. The van der Waals surface area contributed by atoms with Crippen molar-refractivity contribution in [2.45, 2.75) is 25.8 Å². The van der Waals surface area contributed by atoms with Gasteiger partial charge in [-0.15, -0.1) is 0 Å². The van der Waals surface area contributed by atoms with Crippen molar-refractivity contribution in [2.75, 3.05) is 24.5 Å². The van der Waals surface area contributed by atoms with E-state index in [-0.39, 0.29) is 11.9 Å². The molecule has 0 N–H and O–H groups in total. The second kappa shape index (κ2) is 9.29. The Bertz CT molecular complexity index is 901. The third-order valence-corrected chi connectivity index (χ3v) is 6.27. The third kappa shape index (κ3) is 4.71. The average molecular weight is 407 g/mol. The second-order valence-electron chi connectivity index (χ2n) is 7.61. The number of hydrogen-bond donors (Lipinski definition) is 0. The molecule has 1 aromatic carbocycles. The van der Waals surface area contributed by atoms with Crippen LogP contribution in [0.15, 0.2) is 65.6 Å². The fourth-order valence-electron chi connectivity index (χ4n) is 4.07. The van der Waals surface area contributed by atoms with Crippen LogP contribution in [0.25, 0.3) is 0 Å². The molecule has 2 atom stereocenters. The van der Waals surface area contributed by atoms with Crippen molar-refractivity contribution in [3.8, 4) is 0 Å². The molecule has 0 saturated carbocycles. The lowest BCUT2D eigenvalue weighted by atomic mass is 9.91. The number of piperidine rings is 1. The number of anilines is 1. The maximum absolute atomic E-state index is 13.3. The first-order chi connectivity index (χ1) is 14.2. The van der Waals surface area contributed by atoms with Gasteiger partial charge in [-0.3, -0.25) is 9.69 Å². The van der Waals surface area contributed by atoms with Crippen molar-refractivity contribution < 1.29 is 4.79 Å². The van der Waals surface area contributed by atoms with E-state index in [1.807, 2.05) is 21.7 Å². The van der Waals surface area contributed by atoms with Gasteiger partial charge in [-0.05, 0) is 41.8 Å². The van der Waals surface area contributed by atoms with Crippen molar-refractivity contribution in [3.63, 3.8) is 0 Å². The van der Waals surface area contributed by atoms with Crippen molar-refractivity contribution in [1.82, 2.24) is 14.9 Å². The van der Waals surface area contributed by atoms with Gasteiger partial charge in [0.15, 0.2) is 0 Å². The minimum atomic E-state index is -0.00737. The van der Waals surface area contributed by atoms with E-state index in [4.69, 9.17) is 0 Å². The van der Waals surface area contributed by atoms with Crippen molar-refractivity contribution >= 4 is 23.2 Å². The lowest BCUT2D eigenvalue weighted by Crippen LogP contribution is -2.53. The molecule has 0 unspecified atom stereocenters. The van der Waals surface area contributed by atoms with E-state index in [2.05, 4.69) is 52.1 Å². The Labute approximate surface area is 176 Å². The van der Waals surface area contributed by atoms with Crippen LogP contribution in [-0.4, -0.2) is 46.5 Å². The fourth-order valence-corrected chi connectivity index (χ4v) is 4.70. The molecule has 6 heteroatoms. The van der Waals surface area contributed by atoms with Crippen LogP contribution in [0, 0.1) is 5.92 Å². The van der Waals surface area contributed by atoms with E-state index in [0.29, 0.717) is 17.4 Å². The molecule has 0 spiro atoms. The van der Waals surface area contributed by atoms with Crippen molar-refractivity contribution in [3.05, 3.63) is 76.7 Å². The summed E-state index contributed by atoms with van der Waals surface area (Å²) in [7, 11) is 0. The molecule has 1 aliphatic rings. The second-order valence-corrected chi connectivity index (χ2v) is 8.39. The SMILES string of the molecule is C[C@@H]1CN(CCc2ccccc2)CC[C@H]1N(C(=O)c1ccsc1)c1ncccn1. The zero-order valence-electron chi connectivity index (χ0n) is 16.6. The number of aromatic nitrogens is 2. The molecule has 0 aliphatic carbocycles. The molecule has 3 aromatic rings. The van der Waals surface area contributed by atoms with Crippen LogP contribution < -0.4 is 4.90 Å². The van der Waals surface area contributed by atoms with Gasteiger partial charge in [-0.2, -0.15) is 11.3 Å². The number of thiophene rings is 1. The summed E-state index contributed by atoms with van der Waals surface area (Å²) in [5.41, 5.74) is 2.08. The molecule has 0 bridgehead atoms. The summed E-state index contributed by atoms with van der Waals surface area (Å²) in [4.78, 5) is 26.4. The first-order valence-electron chi connectivity index (χ1n) is 10.1. The summed E-state index contributed by atoms with van der Waals surface area (Å²) in [6.07, 6.45) is 5.38. The van der Waals surface area contributed by atoms with Gasteiger partial charge in [0.25, 0.3) is 5.91 Å². The molecular formula is C23H26N4OS. The molecule has 3 heterocycles. The lowest BCUT2D eigenvalue weighted by Gasteiger charge is -2.41. The first-order valence-corrected chi connectivity index (χ1v) is 11.1. The van der Waals surface area contributed by atoms with Gasteiger partial charge >= 0.3 is 0 Å². The molecule has 0 radical (unpaired) electrons. The predicted octanol–water partition coefficient (Wildman–Crippen LogP) is 4.14. The number of carbonyl (C=O) groups excluding carboxylic acids is 1. The Balaban J connectivity index is 1.47. The van der Waals surface area contributed by atoms with Gasteiger partial charge in [0, 0.05) is 43.4 Å². The van der Waals surface area contributed by atoms with Gasteiger partial charge in [0.05, 0.1) is 5.56 Å². The number of amides is 1. The maximum atomic E-state index is 13.3. The summed E-state index contributed by atoms with van der Waals surface area (Å²) >= 11 is 1.54. The Kier molecular flexibility index (Phi) is 6.32. The summed E-state index contributed by atoms with van der Waals surface area (Å²) < 4.78 is 0. The van der Waals surface area contributed by atoms with Crippen LogP contribution in [0.5, 0.6) is 0 Å². The van der Waals surface area contributed by atoms with E-state index in [9.17, 15) is 4.79 Å². The number of hydrogen-bond acceptors (Lipinski definition) is 5. The molecule has 29 heavy (non-hydrogen) atoms. The first kappa shape index (κ1) is 19.7. The lowest BCUT2D eigenvalue weighted by molar-refractivity contribution is 0.0930. The summed E-state index contributed by atoms with van der Waals surface area (Å²) in [6.45, 7) is 5.22. The van der Waals surface area contributed by atoms with E-state index in [0.717, 1.165) is 32.5 Å². The third-order valence-electron chi connectivity index (χ3n) is 5.59. The van der Waals surface area contributed by atoms with Gasteiger partial charge in [-0.25, -0.2) is 9.97 Å². The normalized spacial score (nSPS) is 19.8. The van der Waals surface area contributed by atoms with Crippen molar-refractivity contribution in [1.29, 1.82) is 0 Å². The van der Waals surface area contributed by atoms with Crippen LogP contribution in [-0.2, 0) is 6.42 Å². The molecule has 5 nitrogen and oxygen atoms in total. The summed E-state index contributed by atoms with van der Waals surface area (Å²) in [6, 6.07) is 14.4. The Morgan fingerprint density at radius 1 is 1.17 bits per heavy atom. The zero-order valence-corrected chi connectivity index (χ0v) is 17.5. The standard InChI is InChI=1S/C23H26N4OS/c1-18-16-26(13-8-19-6-3-2-4-7-19)14-9-21(18)27(23-24-11-5-12-25-23)22(28)20-10-15-29-17-20/h2-7,10-12,15,17-18,21H,8-9,13-14,16H2,1H3/t18-,21-/m1/s1. The van der Waals surface area contributed by atoms with Crippen LogP contribution in [0.1, 0.15) is 29.3 Å². The fraction of sp³-hybridized carbons (Fsp3) is 0.348. The van der Waals surface area contributed by atoms with E-state index in [1.165, 1.54) is 16.9 Å². The number of benzene rings is 1. The van der Waals surface area contributed by atoms with Crippen LogP contribution in [0.3, 0.4) is 0 Å². The molecule has 150 valence electrons. The highest BCUT2D eigenvalue weighted by Crippen LogP contribution is 2.27. The zero-order chi connectivity index (χ0) is 20.1. The topological polar surface area (TPSA) is 49.3 Å². The number of rotatable bonds is 6. The predicted molar refractivity (Wildman–Crippen MR) is 117 cm³/mol. The summed E-state index contributed by atoms with van der Waals surface area (Å²) in [5, 5.41) is 3.84. The Morgan fingerprint density at radius 3 is 2.66 bits per heavy atom. The molecular weight excluding hydrogens is 380 g/mol. The molecule has 1 aliphatic heterocycles. The highest BCUT2D eigenvalue weighted by molar-refractivity contribution is 7.08.